The Morgan fingerprint density at radius 3 is 3.18 bits per heavy atom. The maximum absolute atomic E-state index is 5.13. The molecule has 0 aromatic carbocycles. The molecular formula is C9H17NO. The van der Waals surface area contributed by atoms with Crippen LogP contribution in [-0.4, -0.2) is 37.7 Å². The van der Waals surface area contributed by atoms with Crippen LogP contribution in [0.5, 0.6) is 0 Å². The molecule has 64 valence electrons. The Bertz CT molecular complexity index is 125. The van der Waals surface area contributed by atoms with Crippen LogP contribution in [0.1, 0.15) is 12.8 Å². The Hall–Kier alpha value is -0.340. The summed E-state index contributed by atoms with van der Waals surface area (Å²) < 4.78 is 5.13. The van der Waals surface area contributed by atoms with Crippen LogP contribution in [0.15, 0.2) is 12.7 Å². The highest BCUT2D eigenvalue weighted by Crippen LogP contribution is 2.16. The minimum absolute atomic E-state index is 0.637. The van der Waals surface area contributed by atoms with Gasteiger partial charge < -0.3 is 4.74 Å². The first kappa shape index (κ1) is 8.75. The van der Waals surface area contributed by atoms with Crippen molar-refractivity contribution in [3.05, 3.63) is 12.7 Å². The second-order valence-electron chi connectivity index (χ2n) is 3.04. The van der Waals surface area contributed by atoms with Crippen molar-refractivity contribution in [2.75, 3.05) is 26.8 Å². The number of hydrogen-bond acceptors (Lipinski definition) is 2. The fraction of sp³-hybridized carbons (Fsp3) is 0.778. The fourth-order valence-electron chi connectivity index (χ4n) is 1.68. The molecule has 0 aromatic rings. The molecule has 2 heteroatoms. The van der Waals surface area contributed by atoms with E-state index in [2.05, 4.69) is 11.5 Å². The third-order valence-electron chi connectivity index (χ3n) is 2.22. The van der Waals surface area contributed by atoms with Crippen LogP contribution in [0.2, 0.25) is 0 Å². The molecule has 0 radical (unpaired) electrons. The Kier molecular flexibility index (Phi) is 3.60. The van der Waals surface area contributed by atoms with Crippen molar-refractivity contribution >= 4 is 0 Å². The lowest BCUT2D eigenvalue weighted by Gasteiger charge is -2.21. The van der Waals surface area contributed by atoms with Crippen LogP contribution >= 0.6 is 0 Å². The number of ether oxygens (including phenoxy) is 1. The maximum atomic E-state index is 5.13. The van der Waals surface area contributed by atoms with Crippen LogP contribution in [-0.2, 0) is 4.74 Å². The number of hydrogen-bond donors (Lipinski definition) is 0. The number of nitrogens with zero attached hydrogens (tertiary/aromatic N) is 1. The standard InChI is InChI=1S/C9H17NO/c1-3-6-10-7-4-5-9(10)8-11-2/h3,9H,1,4-8H2,2H3. The van der Waals surface area contributed by atoms with E-state index >= 15 is 0 Å². The highest BCUT2D eigenvalue weighted by molar-refractivity contribution is 4.84. The van der Waals surface area contributed by atoms with Crippen LogP contribution in [0.3, 0.4) is 0 Å². The zero-order chi connectivity index (χ0) is 8.10. The monoisotopic (exact) mass is 155 g/mol. The van der Waals surface area contributed by atoms with Crippen molar-refractivity contribution in [1.82, 2.24) is 4.90 Å². The quantitative estimate of drug-likeness (QED) is 0.567. The van der Waals surface area contributed by atoms with Crippen molar-refractivity contribution in [2.24, 2.45) is 0 Å². The molecule has 1 fully saturated rings. The van der Waals surface area contributed by atoms with Gasteiger partial charge in [-0.05, 0) is 19.4 Å². The molecule has 1 aliphatic heterocycles. The summed E-state index contributed by atoms with van der Waals surface area (Å²) in [5.74, 6) is 0. The Balaban J connectivity index is 2.31. The fourth-order valence-corrected chi connectivity index (χ4v) is 1.68. The highest BCUT2D eigenvalue weighted by Gasteiger charge is 2.22. The van der Waals surface area contributed by atoms with Crippen LogP contribution < -0.4 is 0 Å². The lowest BCUT2D eigenvalue weighted by molar-refractivity contribution is 0.122. The number of likely N-dealkylation sites (tertiary alicyclic amines) is 1. The molecule has 1 unspecified atom stereocenters. The third kappa shape index (κ3) is 2.31. The van der Waals surface area contributed by atoms with E-state index in [1.54, 1.807) is 7.11 Å². The molecule has 0 spiro atoms. The van der Waals surface area contributed by atoms with Gasteiger partial charge in [-0.3, -0.25) is 4.90 Å². The minimum atomic E-state index is 0.637. The van der Waals surface area contributed by atoms with Crippen LogP contribution in [0.25, 0.3) is 0 Å². The molecule has 0 aromatic heterocycles. The predicted octanol–water partition coefficient (Wildman–Crippen LogP) is 1.28. The van der Waals surface area contributed by atoms with E-state index in [4.69, 9.17) is 4.74 Å². The average Bonchev–Trinajstić information content (AvgIpc) is 2.39. The first-order chi connectivity index (χ1) is 5.38. The van der Waals surface area contributed by atoms with Gasteiger partial charge in [-0.15, -0.1) is 6.58 Å². The van der Waals surface area contributed by atoms with Gasteiger partial charge in [0.15, 0.2) is 0 Å². The molecule has 11 heavy (non-hydrogen) atoms. The molecule has 0 bridgehead atoms. The van der Waals surface area contributed by atoms with Crippen molar-refractivity contribution in [3.63, 3.8) is 0 Å². The van der Waals surface area contributed by atoms with E-state index in [0.717, 1.165) is 13.2 Å². The van der Waals surface area contributed by atoms with Gasteiger partial charge in [0.25, 0.3) is 0 Å². The number of methoxy groups -OCH3 is 1. The van der Waals surface area contributed by atoms with Crippen molar-refractivity contribution in [2.45, 2.75) is 18.9 Å². The molecule has 1 rings (SSSR count). The van der Waals surface area contributed by atoms with Crippen LogP contribution in [0.4, 0.5) is 0 Å². The predicted molar refractivity (Wildman–Crippen MR) is 46.7 cm³/mol. The molecule has 1 heterocycles. The van der Waals surface area contributed by atoms with E-state index < -0.39 is 0 Å². The van der Waals surface area contributed by atoms with Crippen molar-refractivity contribution in [3.8, 4) is 0 Å². The number of rotatable bonds is 4. The molecule has 1 saturated heterocycles. The molecule has 0 amide bonds. The van der Waals surface area contributed by atoms with E-state index in [0.29, 0.717) is 6.04 Å². The van der Waals surface area contributed by atoms with E-state index in [1.807, 2.05) is 6.08 Å². The van der Waals surface area contributed by atoms with E-state index in [9.17, 15) is 0 Å². The normalized spacial score (nSPS) is 25.7. The van der Waals surface area contributed by atoms with Crippen LogP contribution in [0, 0.1) is 0 Å². The summed E-state index contributed by atoms with van der Waals surface area (Å²) in [5.41, 5.74) is 0. The summed E-state index contributed by atoms with van der Waals surface area (Å²) in [4.78, 5) is 2.43. The zero-order valence-corrected chi connectivity index (χ0v) is 7.25. The second kappa shape index (κ2) is 4.52. The molecule has 2 nitrogen and oxygen atoms in total. The van der Waals surface area contributed by atoms with Gasteiger partial charge in [0.1, 0.15) is 0 Å². The summed E-state index contributed by atoms with van der Waals surface area (Å²) in [6.07, 6.45) is 4.55. The third-order valence-corrected chi connectivity index (χ3v) is 2.22. The van der Waals surface area contributed by atoms with Gasteiger partial charge in [0.2, 0.25) is 0 Å². The Morgan fingerprint density at radius 1 is 1.73 bits per heavy atom. The van der Waals surface area contributed by atoms with Gasteiger partial charge >= 0.3 is 0 Å². The summed E-state index contributed by atoms with van der Waals surface area (Å²) in [6, 6.07) is 0.637. The van der Waals surface area contributed by atoms with Crippen molar-refractivity contribution < 1.29 is 4.74 Å². The lowest BCUT2D eigenvalue weighted by Crippen LogP contribution is -2.32. The smallest absolute Gasteiger partial charge is 0.0618 e. The van der Waals surface area contributed by atoms with Gasteiger partial charge in [-0.2, -0.15) is 0 Å². The first-order valence-corrected chi connectivity index (χ1v) is 4.22. The van der Waals surface area contributed by atoms with E-state index in [-0.39, 0.29) is 0 Å². The molecule has 0 aliphatic carbocycles. The summed E-state index contributed by atoms with van der Waals surface area (Å²) in [6.45, 7) is 6.82. The average molecular weight is 155 g/mol. The summed E-state index contributed by atoms with van der Waals surface area (Å²) >= 11 is 0. The molecule has 0 N–H and O–H groups in total. The van der Waals surface area contributed by atoms with Gasteiger partial charge in [-0.25, -0.2) is 0 Å². The lowest BCUT2D eigenvalue weighted by atomic mass is 10.2. The van der Waals surface area contributed by atoms with E-state index in [1.165, 1.54) is 19.4 Å². The largest absolute Gasteiger partial charge is 0.383 e. The molecule has 1 atom stereocenters. The minimum Gasteiger partial charge on any atom is -0.383 e. The molecule has 1 aliphatic rings. The Morgan fingerprint density at radius 2 is 2.55 bits per heavy atom. The maximum Gasteiger partial charge on any atom is 0.0618 e. The van der Waals surface area contributed by atoms with Gasteiger partial charge in [-0.1, -0.05) is 6.08 Å². The molecular weight excluding hydrogens is 138 g/mol. The highest BCUT2D eigenvalue weighted by atomic mass is 16.5. The Labute approximate surface area is 68.8 Å². The second-order valence-corrected chi connectivity index (χ2v) is 3.04. The van der Waals surface area contributed by atoms with Gasteiger partial charge in [0.05, 0.1) is 6.61 Å². The van der Waals surface area contributed by atoms with Crippen molar-refractivity contribution in [1.29, 1.82) is 0 Å². The van der Waals surface area contributed by atoms with Gasteiger partial charge in [0, 0.05) is 19.7 Å². The first-order valence-electron chi connectivity index (χ1n) is 4.22. The topological polar surface area (TPSA) is 12.5 Å². The SMILES string of the molecule is C=CCN1CCCC1COC. The molecule has 0 saturated carbocycles. The summed E-state index contributed by atoms with van der Waals surface area (Å²) in [5, 5.41) is 0. The zero-order valence-electron chi connectivity index (χ0n) is 7.25. The summed E-state index contributed by atoms with van der Waals surface area (Å²) in [7, 11) is 1.77.